The molecule has 7 heteroatoms. The summed E-state index contributed by atoms with van der Waals surface area (Å²) in [7, 11) is -4.29. The molecule has 84 valence electrons. The first-order valence-electron chi connectivity index (χ1n) is 4.20. The van der Waals surface area contributed by atoms with Crippen LogP contribution in [0.2, 0.25) is 0 Å². The van der Waals surface area contributed by atoms with Crippen LogP contribution < -0.4 is 0 Å². The zero-order valence-electron chi connectivity index (χ0n) is 7.86. The maximum Gasteiger partial charge on any atom is 0.295 e. The number of nitrogens with zero attached hydrogens (tertiary/aromatic N) is 1. The highest BCUT2D eigenvalue weighted by molar-refractivity contribution is 7.86. The van der Waals surface area contributed by atoms with Gasteiger partial charge in [0.1, 0.15) is 4.90 Å². The van der Waals surface area contributed by atoms with E-state index in [1.165, 1.54) is 24.4 Å². The van der Waals surface area contributed by atoms with Crippen molar-refractivity contribution < 1.29 is 17.4 Å². The summed E-state index contributed by atoms with van der Waals surface area (Å²) in [5.41, 5.74) is 0.248. The lowest BCUT2D eigenvalue weighted by Gasteiger charge is -2.02. The highest BCUT2D eigenvalue weighted by atomic mass is 32.2. The monoisotopic (exact) mass is 257 g/mol. The summed E-state index contributed by atoms with van der Waals surface area (Å²) in [6, 6.07) is 5.93. The Morgan fingerprint density at radius 3 is 2.56 bits per heavy atom. The minimum Gasteiger partial charge on any atom is -0.432 e. The van der Waals surface area contributed by atoms with Gasteiger partial charge in [0.05, 0.1) is 6.20 Å². The van der Waals surface area contributed by atoms with Crippen molar-refractivity contribution in [3.63, 3.8) is 0 Å². The first kappa shape index (κ1) is 11.2. The van der Waals surface area contributed by atoms with E-state index in [4.69, 9.17) is 8.97 Å². The van der Waals surface area contributed by atoms with E-state index in [1.807, 2.05) is 0 Å². The SMILES string of the molecule is O=S(=O)(O)c1ccccc1-c1cnc(S)o1. The first-order valence-corrected chi connectivity index (χ1v) is 6.09. The molecule has 0 aliphatic rings. The van der Waals surface area contributed by atoms with Gasteiger partial charge in [0.15, 0.2) is 5.76 Å². The number of oxazole rings is 1. The van der Waals surface area contributed by atoms with Crippen LogP contribution >= 0.6 is 12.6 Å². The molecule has 0 bridgehead atoms. The normalized spacial score (nSPS) is 11.6. The molecule has 1 aromatic heterocycles. The second-order valence-electron chi connectivity index (χ2n) is 2.98. The number of hydrogen-bond acceptors (Lipinski definition) is 5. The number of benzene rings is 1. The van der Waals surface area contributed by atoms with Gasteiger partial charge in [0.2, 0.25) is 0 Å². The molecule has 0 unspecified atom stereocenters. The average Bonchev–Trinajstić information content (AvgIpc) is 2.64. The fourth-order valence-electron chi connectivity index (χ4n) is 1.28. The molecule has 0 amide bonds. The summed E-state index contributed by atoms with van der Waals surface area (Å²) in [6.45, 7) is 0. The molecule has 5 nitrogen and oxygen atoms in total. The summed E-state index contributed by atoms with van der Waals surface area (Å²) >= 11 is 3.87. The summed E-state index contributed by atoms with van der Waals surface area (Å²) in [5.74, 6) is 0.234. The van der Waals surface area contributed by atoms with Crippen molar-refractivity contribution in [3.05, 3.63) is 30.5 Å². The molecule has 0 spiro atoms. The van der Waals surface area contributed by atoms with E-state index in [0.29, 0.717) is 0 Å². The van der Waals surface area contributed by atoms with Crippen LogP contribution in [0.25, 0.3) is 11.3 Å². The molecule has 0 saturated heterocycles. The van der Waals surface area contributed by atoms with Crippen molar-refractivity contribution in [2.75, 3.05) is 0 Å². The van der Waals surface area contributed by atoms with E-state index in [2.05, 4.69) is 17.6 Å². The third kappa shape index (κ3) is 2.11. The highest BCUT2D eigenvalue weighted by Crippen LogP contribution is 2.28. The maximum atomic E-state index is 11.1. The second kappa shape index (κ2) is 3.93. The van der Waals surface area contributed by atoms with Crippen molar-refractivity contribution in [1.29, 1.82) is 0 Å². The third-order valence-corrected chi connectivity index (χ3v) is 3.04. The Balaban J connectivity index is 2.66. The standard InChI is InChI=1S/C9H7NO4S2/c11-16(12,13)8-4-2-1-3-6(8)7-5-10-9(15)14-7/h1-5H,(H,10,15)(H,11,12,13). The van der Waals surface area contributed by atoms with Gasteiger partial charge in [-0.1, -0.05) is 24.8 Å². The van der Waals surface area contributed by atoms with Crippen LogP contribution in [0, 0.1) is 0 Å². The molecule has 16 heavy (non-hydrogen) atoms. The van der Waals surface area contributed by atoms with E-state index in [0.717, 1.165) is 0 Å². The van der Waals surface area contributed by atoms with Gasteiger partial charge in [-0.25, -0.2) is 4.98 Å². The van der Waals surface area contributed by atoms with E-state index < -0.39 is 10.1 Å². The predicted molar refractivity (Wildman–Crippen MR) is 59.0 cm³/mol. The largest absolute Gasteiger partial charge is 0.432 e. The van der Waals surface area contributed by atoms with Crippen LogP contribution in [0.3, 0.4) is 0 Å². The van der Waals surface area contributed by atoms with Crippen LogP contribution in [0.4, 0.5) is 0 Å². The second-order valence-corrected chi connectivity index (χ2v) is 4.75. The Morgan fingerprint density at radius 2 is 2.00 bits per heavy atom. The Kier molecular flexibility index (Phi) is 2.75. The molecule has 1 N–H and O–H groups in total. The van der Waals surface area contributed by atoms with Crippen LogP contribution in [0.1, 0.15) is 0 Å². The maximum absolute atomic E-state index is 11.1. The van der Waals surface area contributed by atoms with Gasteiger partial charge >= 0.3 is 0 Å². The van der Waals surface area contributed by atoms with E-state index in [1.54, 1.807) is 6.07 Å². The summed E-state index contributed by atoms with van der Waals surface area (Å²) in [6.07, 6.45) is 1.34. The lowest BCUT2D eigenvalue weighted by atomic mass is 10.2. The molecule has 0 atom stereocenters. The Bertz CT molecular complexity index is 618. The minimum absolute atomic E-state index is 0.125. The van der Waals surface area contributed by atoms with E-state index in [-0.39, 0.29) is 21.4 Å². The van der Waals surface area contributed by atoms with Crippen LogP contribution in [0.5, 0.6) is 0 Å². The summed E-state index contributed by atoms with van der Waals surface area (Å²) < 4.78 is 36.3. The number of rotatable bonds is 2. The van der Waals surface area contributed by atoms with Gasteiger partial charge in [0.25, 0.3) is 15.3 Å². The quantitative estimate of drug-likeness (QED) is 0.634. The van der Waals surface area contributed by atoms with Crippen molar-refractivity contribution >= 4 is 22.7 Å². The Labute approximate surface area is 97.3 Å². The van der Waals surface area contributed by atoms with Gasteiger partial charge in [-0.05, 0) is 12.1 Å². The van der Waals surface area contributed by atoms with Gasteiger partial charge in [-0.15, -0.1) is 0 Å². The zero-order chi connectivity index (χ0) is 11.8. The summed E-state index contributed by atoms with van der Waals surface area (Å²) in [4.78, 5) is 3.51. The summed E-state index contributed by atoms with van der Waals surface area (Å²) in [5, 5.41) is 0.125. The molecule has 1 heterocycles. The third-order valence-electron chi connectivity index (χ3n) is 1.92. The first-order chi connectivity index (χ1) is 7.48. The number of thiol groups is 1. The number of aromatic nitrogens is 1. The Morgan fingerprint density at radius 1 is 1.31 bits per heavy atom. The lowest BCUT2D eigenvalue weighted by Crippen LogP contribution is -1.99. The minimum atomic E-state index is -4.29. The molecular weight excluding hydrogens is 250 g/mol. The molecule has 2 rings (SSSR count). The fourth-order valence-corrected chi connectivity index (χ4v) is 2.14. The molecule has 0 aliphatic heterocycles. The average molecular weight is 257 g/mol. The lowest BCUT2D eigenvalue weighted by molar-refractivity contribution is 0.464. The molecule has 0 fully saturated rings. The fraction of sp³-hybridized carbons (Fsp3) is 0. The van der Waals surface area contributed by atoms with Crippen molar-refractivity contribution in [1.82, 2.24) is 4.98 Å². The number of hydrogen-bond donors (Lipinski definition) is 2. The van der Waals surface area contributed by atoms with Crippen LogP contribution in [-0.2, 0) is 10.1 Å². The van der Waals surface area contributed by atoms with Gasteiger partial charge < -0.3 is 4.42 Å². The predicted octanol–water partition coefficient (Wildman–Crippen LogP) is 1.88. The molecule has 0 saturated carbocycles. The molecule has 1 aromatic carbocycles. The van der Waals surface area contributed by atoms with Crippen molar-refractivity contribution in [2.24, 2.45) is 0 Å². The van der Waals surface area contributed by atoms with Gasteiger partial charge in [-0.3, -0.25) is 4.55 Å². The van der Waals surface area contributed by atoms with Crippen molar-refractivity contribution in [3.8, 4) is 11.3 Å². The van der Waals surface area contributed by atoms with Gasteiger partial charge in [0, 0.05) is 5.56 Å². The van der Waals surface area contributed by atoms with E-state index >= 15 is 0 Å². The Hall–Kier alpha value is -1.31. The van der Waals surface area contributed by atoms with Crippen molar-refractivity contribution in [2.45, 2.75) is 10.1 Å². The van der Waals surface area contributed by atoms with Crippen LogP contribution in [0.15, 0.2) is 45.0 Å². The molecule has 0 radical (unpaired) electrons. The topological polar surface area (TPSA) is 80.4 Å². The van der Waals surface area contributed by atoms with Gasteiger partial charge in [-0.2, -0.15) is 8.42 Å². The van der Waals surface area contributed by atoms with E-state index in [9.17, 15) is 8.42 Å². The van der Waals surface area contributed by atoms with Crippen LogP contribution in [-0.4, -0.2) is 18.0 Å². The highest BCUT2D eigenvalue weighted by Gasteiger charge is 2.18. The zero-order valence-corrected chi connectivity index (χ0v) is 9.57. The molecular formula is C9H7NO4S2. The molecule has 2 aromatic rings. The molecule has 0 aliphatic carbocycles. The smallest absolute Gasteiger partial charge is 0.295 e.